The van der Waals surface area contributed by atoms with Gasteiger partial charge in [-0.1, -0.05) is 0 Å². The van der Waals surface area contributed by atoms with Gasteiger partial charge in [0.25, 0.3) is 0 Å². The molecule has 4 N–H and O–H groups in total. The van der Waals surface area contributed by atoms with Crippen LogP contribution < -0.4 is 10.5 Å². The van der Waals surface area contributed by atoms with Gasteiger partial charge in [0.1, 0.15) is 5.82 Å². The number of carboxylic acids is 1. The van der Waals surface area contributed by atoms with Gasteiger partial charge in [0.2, 0.25) is 10.0 Å². The molecule has 0 aliphatic rings. The van der Waals surface area contributed by atoms with Crippen LogP contribution in [-0.4, -0.2) is 25.2 Å². The number of nitrogen functional groups attached to an aromatic ring is 1. The molecule has 0 bridgehead atoms. The summed E-state index contributed by atoms with van der Waals surface area (Å²) in [6.45, 7) is 0. The molecule has 0 radical (unpaired) electrons. The topological polar surface area (TPSA) is 109 Å². The molecule has 1 aromatic rings. The highest BCUT2D eigenvalue weighted by Gasteiger charge is 2.17. The molecule has 0 spiro atoms. The lowest BCUT2D eigenvalue weighted by Gasteiger charge is -2.07. The van der Waals surface area contributed by atoms with Crippen LogP contribution in [0.15, 0.2) is 18.2 Å². The molecular formula is C8H9FN2O4S. The van der Waals surface area contributed by atoms with Gasteiger partial charge in [-0.15, -0.1) is 0 Å². The van der Waals surface area contributed by atoms with Crippen LogP contribution in [-0.2, 0) is 14.8 Å². The number of sulfonamides is 1. The molecule has 0 aliphatic carbocycles. The highest BCUT2D eigenvalue weighted by atomic mass is 32.2. The minimum absolute atomic E-state index is 0.162. The number of nitrogens with two attached hydrogens (primary N) is 1. The number of benzene rings is 1. The molecular weight excluding hydrogens is 239 g/mol. The Morgan fingerprint density at radius 1 is 1.50 bits per heavy atom. The third-order valence-corrected chi connectivity index (χ3v) is 2.73. The Kier molecular flexibility index (Phi) is 3.33. The maximum absolute atomic E-state index is 13.1. The average molecular weight is 248 g/mol. The number of hydrogen-bond acceptors (Lipinski definition) is 4. The summed E-state index contributed by atoms with van der Waals surface area (Å²) in [4.78, 5) is 10.2. The molecule has 0 saturated heterocycles. The molecule has 0 unspecified atom stereocenters. The van der Waals surface area contributed by atoms with Crippen molar-refractivity contribution in [3.05, 3.63) is 24.0 Å². The van der Waals surface area contributed by atoms with E-state index in [1.54, 1.807) is 4.72 Å². The van der Waals surface area contributed by atoms with Crippen molar-refractivity contribution in [2.24, 2.45) is 0 Å². The van der Waals surface area contributed by atoms with E-state index in [4.69, 9.17) is 10.8 Å². The van der Waals surface area contributed by atoms with Crippen molar-refractivity contribution < 1.29 is 22.7 Å². The first kappa shape index (κ1) is 12.2. The molecule has 1 aromatic carbocycles. The van der Waals surface area contributed by atoms with Gasteiger partial charge in [0.05, 0.1) is 5.69 Å². The summed E-state index contributed by atoms with van der Waals surface area (Å²) < 4.78 is 37.3. The first-order valence-corrected chi connectivity index (χ1v) is 5.73. The first-order valence-electron chi connectivity index (χ1n) is 4.07. The fourth-order valence-corrected chi connectivity index (χ4v) is 1.88. The highest BCUT2D eigenvalue weighted by Crippen LogP contribution is 2.18. The summed E-state index contributed by atoms with van der Waals surface area (Å²) in [5.41, 5.74) is 5.12. The Balaban J connectivity index is 2.96. The lowest BCUT2D eigenvalue weighted by Crippen LogP contribution is -2.22. The van der Waals surface area contributed by atoms with Crippen molar-refractivity contribution in [2.75, 3.05) is 16.2 Å². The van der Waals surface area contributed by atoms with Gasteiger partial charge >= 0.3 is 5.97 Å². The van der Waals surface area contributed by atoms with Gasteiger partial charge in [0.15, 0.2) is 5.75 Å². The van der Waals surface area contributed by atoms with E-state index in [1.165, 1.54) is 6.07 Å². The average Bonchev–Trinajstić information content (AvgIpc) is 2.08. The van der Waals surface area contributed by atoms with E-state index in [9.17, 15) is 17.6 Å². The third-order valence-electron chi connectivity index (χ3n) is 1.57. The maximum atomic E-state index is 13.1. The van der Waals surface area contributed by atoms with Crippen LogP contribution in [0.2, 0.25) is 0 Å². The van der Waals surface area contributed by atoms with Crippen molar-refractivity contribution in [1.29, 1.82) is 0 Å². The number of carbonyl (C=O) groups is 1. The quantitative estimate of drug-likeness (QED) is 0.661. The maximum Gasteiger partial charge on any atom is 0.320 e. The summed E-state index contributed by atoms with van der Waals surface area (Å²) in [5, 5.41) is 8.31. The van der Waals surface area contributed by atoms with Crippen molar-refractivity contribution in [2.45, 2.75) is 0 Å². The van der Waals surface area contributed by atoms with E-state index in [1.807, 2.05) is 0 Å². The number of nitrogens with one attached hydrogen (secondary N) is 1. The van der Waals surface area contributed by atoms with Crippen LogP contribution in [0, 0.1) is 5.82 Å². The normalized spacial score (nSPS) is 11.1. The Morgan fingerprint density at radius 2 is 2.12 bits per heavy atom. The van der Waals surface area contributed by atoms with Crippen LogP contribution in [0.5, 0.6) is 0 Å². The first-order chi connectivity index (χ1) is 7.30. The second-order valence-corrected chi connectivity index (χ2v) is 4.72. The number of anilines is 2. The zero-order valence-electron chi connectivity index (χ0n) is 7.97. The van der Waals surface area contributed by atoms with Crippen molar-refractivity contribution >= 4 is 27.4 Å². The van der Waals surface area contributed by atoms with E-state index in [0.717, 1.165) is 12.1 Å². The molecule has 16 heavy (non-hydrogen) atoms. The zero-order chi connectivity index (χ0) is 12.3. The Labute approximate surface area is 90.9 Å². The van der Waals surface area contributed by atoms with Gasteiger partial charge in [-0.25, -0.2) is 12.8 Å². The molecule has 8 heteroatoms. The van der Waals surface area contributed by atoms with E-state index >= 15 is 0 Å². The molecule has 0 aromatic heterocycles. The predicted octanol–water partition coefficient (Wildman–Crippen LogP) is 0.234. The van der Waals surface area contributed by atoms with Crippen molar-refractivity contribution in [1.82, 2.24) is 0 Å². The number of rotatable bonds is 4. The third kappa shape index (κ3) is 3.39. The van der Waals surface area contributed by atoms with Gasteiger partial charge < -0.3 is 10.8 Å². The molecule has 1 rings (SSSR count). The fraction of sp³-hybridized carbons (Fsp3) is 0.125. The largest absolute Gasteiger partial charge is 0.480 e. The Bertz CT molecular complexity index is 515. The van der Waals surface area contributed by atoms with Crippen LogP contribution >= 0.6 is 0 Å². The summed E-state index contributed by atoms with van der Waals surface area (Å²) in [6, 6.07) is 3.30. The number of carboxylic acid groups (broad SMARTS) is 1. The predicted molar refractivity (Wildman–Crippen MR) is 55.9 cm³/mol. The Morgan fingerprint density at radius 3 is 2.69 bits per heavy atom. The smallest absolute Gasteiger partial charge is 0.320 e. The Hall–Kier alpha value is -1.83. The molecule has 0 saturated carbocycles. The lowest BCUT2D eigenvalue weighted by atomic mass is 10.3. The highest BCUT2D eigenvalue weighted by molar-refractivity contribution is 7.93. The van der Waals surface area contributed by atoms with E-state index < -0.39 is 27.6 Å². The summed E-state index contributed by atoms with van der Waals surface area (Å²) in [6.07, 6.45) is 0. The molecule has 0 aliphatic heterocycles. The monoisotopic (exact) mass is 248 g/mol. The van der Waals surface area contributed by atoms with E-state index in [2.05, 4.69) is 0 Å². The van der Waals surface area contributed by atoms with Gasteiger partial charge in [-0.3, -0.25) is 9.52 Å². The minimum Gasteiger partial charge on any atom is -0.480 e. The second-order valence-electron chi connectivity index (χ2n) is 2.99. The molecule has 0 heterocycles. The SMILES string of the molecule is Nc1ccc(F)c(NS(=O)(=O)CC(=O)O)c1. The molecule has 0 amide bonds. The number of aliphatic carboxylic acids is 1. The van der Waals surface area contributed by atoms with Crippen LogP contribution in [0.25, 0.3) is 0 Å². The summed E-state index contributed by atoms with van der Waals surface area (Å²) in [5.74, 6) is -3.50. The number of halogens is 1. The zero-order valence-corrected chi connectivity index (χ0v) is 8.79. The minimum atomic E-state index is -4.12. The van der Waals surface area contributed by atoms with Crippen LogP contribution in [0.4, 0.5) is 15.8 Å². The fourth-order valence-electron chi connectivity index (χ4n) is 0.987. The van der Waals surface area contributed by atoms with Gasteiger partial charge in [-0.05, 0) is 18.2 Å². The van der Waals surface area contributed by atoms with Gasteiger partial charge in [0, 0.05) is 5.69 Å². The van der Waals surface area contributed by atoms with Crippen LogP contribution in [0.3, 0.4) is 0 Å². The second kappa shape index (κ2) is 4.35. The summed E-state index contributed by atoms with van der Waals surface area (Å²) in [7, 11) is -4.12. The molecule has 0 atom stereocenters. The molecule has 6 nitrogen and oxygen atoms in total. The standard InChI is InChI=1S/C8H9FN2O4S/c9-6-2-1-5(10)3-7(6)11-16(14,15)4-8(12)13/h1-3,11H,4,10H2,(H,12,13). The van der Waals surface area contributed by atoms with Gasteiger partial charge in [-0.2, -0.15) is 0 Å². The van der Waals surface area contributed by atoms with Crippen molar-refractivity contribution in [3.8, 4) is 0 Å². The summed E-state index contributed by atoms with van der Waals surface area (Å²) >= 11 is 0. The van der Waals surface area contributed by atoms with E-state index in [-0.39, 0.29) is 11.4 Å². The lowest BCUT2D eigenvalue weighted by molar-refractivity contribution is -0.134. The molecule has 0 fully saturated rings. The number of hydrogen-bond donors (Lipinski definition) is 3. The van der Waals surface area contributed by atoms with Crippen molar-refractivity contribution in [3.63, 3.8) is 0 Å². The van der Waals surface area contributed by atoms with Crippen LogP contribution in [0.1, 0.15) is 0 Å². The van der Waals surface area contributed by atoms with E-state index in [0.29, 0.717) is 0 Å². The molecule has 88 valence electrons.